The minimum atomic E-state index is -0.328. The number of nitrogens with one attached hydrogen (secondary N) is 1. The molecule has 1 aromatic rings. The van der Waals surface area contributed by atoms with Crippen molar-refractivity contribution in [3.63, 3.8) is 0 Å². The molecule has 2 aliphatic rings. The molecule has 0 bridgehead atoms. The molecule has 1 saturated heterocycles. The molecule has 1 unspecified atom stereocenters. The van der Waals surface area contributed by atoms with Gasteiger partial charge in [0.15, 0.2) is 0 Å². The second kappa shape index (κ2) is 6.20. The van der Waals surface area contributed by atoms with Crippen molar-refractivity contribution in [3.8, 4) is 0 Å². The van der Waals surface area contributed by atoms with Crippen LogP contribution in [0.4, 0.5) is 11.4 Å². The summed E-state index contributed by atoms with van der Waals surface area (Å²) in [4.78, 5) is 13.2. The summed E-state index contributed by atoms with van der Waals surface area (Å²) >= 11 is 5.92. The highest BCUT2D eigenvalue weighted by Gasteiger charge is 2.34. The molecule has 1 aromatic carbocycles. The lowest BCUT2D eigenvalue weighted by molar-refractivity contribution is -0.384. The van der Waals surface area contributed by atoms with Crippen LogP contribution in [0.3, 0.4) is 0 Å². The van der Waals surface area contributed by atoms with Gasteiger partial charge < -0.3 is 10.2 Å². The molecule has 114 valence electrons. The van der Waals surface area contributed by atoms with Crippen LogP contribution >= 0.6 is 11.6 Å². The Balaban J connectivity index is 1.85. The van der Waals surface area contributed by atoms with E-state index in [2.05, 4.69) is 10.2 Å². The number of nitro groups is 1. The molecule has 21 heavy (non-hydrogen) atoms. The maximum atomic E-state index is 11.3. The van der Waals surface area contributed by atoms with Gasteiger partial charge in [-0.25, -0.2) is 0 Å². The summed E-state index contributed by atoms with van der Waals surface area (Å²) < 4.78 is 0. The van der Waals surface area contributed by atoms with Crippen molar-refractivity contribution in [2.45, 2.75) is 44.2 Å². The van der Waals surface area contributed by atoms with E-state index in [0.29, 0.717) is 22.8 Å². The molecule has 3 rings (SSSR count). The molecular formula is C15H20ClN3O2. The van der Waals surface area contributed by atoms with Crippen molar-refractivity contribution >= 4 is 23.0 Å². The molecule has 1 saturated carbocycles. The zero-order valence-corrected chi connectivity index (χ0v) is 12.7. The van der Waals surface area contributed by atoms with Crippen LogP contribution in [0.25, 0.3) is 0 Å². The van der Waals surface area contributed by atoms with Crippen molar-refractivity contribution in [1.29, 1.82) is 0 Å². The lowest BCUT2D eigenvalue weighted by Gasteiger charge is -2.32. The molecule has 1 heterocycles. The standard InChI is InChI=1S/C15H20ClN3O2/c16-11-4-7-14(15(9-11)19(20)21)18(13-5-6-13)10-12-3-1-2-8-17-12/h4,7,9,12-13,17H,1-3,5-6,8,10H2. The lowest BCUT2D eigenvalue weighted by Crippen LogP contribution is -2.44. The molecular weight excluding hydrogens is 290 g/mol. The number of piperidine rings is 1. The van der Waals surface area contributed by atoms with E-state index in [1.807, 2.05) is 0 Å². The molecule has 0 spiro atoms. The van der Waals surface area contributed by atoms with Gasteiger partial charge in [0.25, 0.3) is 5.69 Å². The summed E-state index contributed by atoms with van der Waals surface area (Å²) in [6, 6.07) is 5.86. The Morgan fingerprint density at radius 3 is 2.76 bits per heavy atom. The topological polar surface area (TPSA) is 58.4 Å². The summed E-state index contributed by atoms with van der Waals surface area (Å²) in [6.07, 6.45) is 5.84. The molecule has 5 nitrogen and oxygen atoms in total. The number of rotatable bonds is 5. The fourth-order valence-corrected chi connectivity index (χ4v) is 3.20. The Kier molecular flexibility index (Phi) is 4.31. The minimum Gasteiger partial charge on any atom is -0.361 e. The van der Waals surface area contributed by atoms with Crippen molar-refractivity contribution in [3.05, 3.63) is 33.3 Å². The van der Waals surface area contributed by atoms with E-state index >= 15 is 0 Å². The first kappa shape index (κ1) is 14.6. The number of nitro benzene ring substituents is 1. The Morgan fingerprint density at radius 1 is 1.33 bits per heavy atom. The van der Waals surface area contributed by atoms with Gasteiger partial charge >= 0.3 is 0 Å². The number of halogens is 1. The van der Waals surface area contributed by atoms with Gasteiger partial charge in [-0.05, 0) is 44.4 Å². The third-order valence-electron chi connectivity index (χ3n) is 4.26. The Morgan fingerprint density at radius 2 is 2.14 bits per heavy atom. The van der Waals surface area contributed by atoms with Gasteiger partial charge in [-0.15, -0.1) is 0 Å². The quantitative estimate of drug-likeness (QED) is 0.669. The van der Waals surface area contributed by atoms with E-state index in [-0.39, 0.29) is 10.6 Å². The molecule has 6 heteroatoms. The zero-order valence-electron chi connectivity index (χ0n) is 11.9. The van der Waals surface area contributed by atoms with Crippen LogP contribution in [0, 0.1) is 10.1 Å². The predicted octanol–water partition coefficient (Wildman–Crippen LogP) is 3.36. The van der Waals surface area contributed by atoms with E-state index in [0.717, 1.165) is 32.4 Å². The Labute approximate surface area is 129 Å². The minimum absolute atomic E-state index is 0.116. The van der Waals surface area contributed by atoms with Crippen LogP contribution in [0.1, 0.15) is 32.1 Å². The van der Waals surface area contributed by atoms with Gasteiger partial charge in [0.05, 0.1) is 4.92 Å². The van der Waals surface area contributed by atoms with Crippen molar-refractivity contribution in [1.82, 2.24) is 5.32 Å². The fourth-order valence-electron chi connectivity index (χ4n) is 3.03. The maximum absolute atomic E-state index is 11.3. The number of hydrogen-bond acceptors (Lipinski definition) is 4. The van der Waals surface area contributed by atoms with Crippen LogP contribution in [-0.2, 0) is 0 Å². The van der Waals surface area contributed by atoms with Gasteiger partial charge in [0, 0.05) is 29.7 Å². The van der Waals surface area contributed by atoms with Crippen molar-refractivity contribution < 1.29 is 4.92 Å². The van der Waals surface area contributed by atoms with Crippen LogP contribution in [0.5, 0.6) is 0 Å². The highest BCUT2D eigenvalue weighted by molar-refractivity contribution is 6.30. The summed E-state index contributed by atoms with van der Waals surface area (Å²) in [5.41, 5.74) is 0.824. The molecule has 1 aliphatic heterocycles. The third-order valence-corrected chi connectivity index (χ3v) is 4.50. The van der Waals surface area contributed by atoms with E-state index in [4.69, 9.17) is 11.6 Å². The molecule has 0 radical (unpaired) electrons. The van der Waals surface area contributed by atoms with Gasteiger partial charge in [-0.3, -0.25) is 10.1 Å². The van der Waals surface area contributed by atoms with Gasteiger partial charge in [-0.1, -0.05) is 18.0 Å². The average Bonchev–Trinajstić information content (AvgIpc) is 3.31. The average molecular weight is 310 g/mol. The first-order chi connectivity index (χ1) is 10.1. The molecule has 1 aliphatic carbocycles. The fraction of sp³-hybridized carbons (Fsp3) is 0.600. The molecule has 1 N–H and O–H groups in total. The lowest BCUT2D eigenvalue weighted by atomic mass is 10.0. The number of anilines is 1. The predicted molar refractivity (Wildman–Crippen MR) is 84.1 cm³/mol. The summed E-state index contributed by atoms with van der Waals surface area (Å²) in [5.74, 6) is 0. The van der Waals surface area contributed by atoms with Crippen LogP contribution in [-0.4, -0.2) is 30.1 Å². The highest BCUT2D eigenvalue weighted by atomic mass is 35.5. The van der Waals surface area contributed by atoms with Gasteiger partial charge in [-0.2, -0.15) is 0 Å². The van der Waals surface area contributed by atoms with Crippen molar-refractivity contribution in [2.24, 2.45) is 0 Å². The van der Waals surface area contributed by atoms with Gasteiger partial charge in [0.1, 0.15) is 5.69 Å². The SMILES string of the molecule is O=[N+]([O-])c1cc(Cl)ccc1N(CC1CCCCN1)C1CC1. The Hall–Kier alpha value is -1.33. The maximum Gasteiger partial charge on any atom is 0.294 e. The van der Waals surface area contributed by atoms with E-state index in [9.17, 15) is 10.1 Å². The molecule has 0 amide bonds. The normalized spacial score (nSPS) is 22.0. The van der Waals surface area contributed by atoms with Gasteiger partial charge in [0.2, 0.25) is 0 Å². The summed E-state index contributed by atoms with van der Waals surface area (Å²) in [5, 5.41) is 15.3. The highest BCUT2D eigenvalue weighted by Crippen LogP contribution is 2.38. The monoisotopic (exact) mass is 309 g/mol. The molecule has 0 aromatic heterocycles. The summed E-state index contributed by atoms with van der Waals surface area (Å²) in [6.45, 7) is 1.89. The smallest absolute Gasteiger partial charge is 0.294 e. The number of hydrogen-bond donors (Lipinski definition) is 1. The van der Waals surface area contributed by atoms with Crippen LogP contribution < -0.4 is 10.2 Å². The van der Waals surface area contributed by atoms with E-state index in [1.54, 1.807) is 12.1 Å². The first-order valence-electron chi connectivity index (χ1n) is 7.59. The summed E-state index contributed by atoms with van der Waals surface area (Å²) in [7, 11) is 0. The zero-order chi connectivity index (χ0) is 14.8. The second-order valence-corrected chi connectivity index (χ2v) is 6.36. The molecule has 2 fully saturated rings. The van der Waals surface area contributed by atoms with E-state index in [1.165, 1.54) is 18.9 Å². The largest absolute Gasteiger partial charge is 0.361 e. The second-order valence-electron chi connectivity index (χ2n) is 5.92. The third kappa shape index (κ3) is 3.47. The van der Waals surface area contributed by atoms with E-state index < -0.39 is 0 Å². The van der Waals surface area contributed by atoms with Crippen LogP contribution in [0.2, 0.25) is 5.02 Å². The number of benzene rings is 1. The first-order valence-corrected chi connectivity index (χ1v) is 7.97. The van der Waals surface area contributed by atoms with Crippen LogP contribution in [0.15, 0.2) is 18.2 Å². The Bertz CT molecular complexity index is 528. The van der Waals surface area contributed by atoms with Crippen molar-refractivity contribution in [2.75, 3.05) is 18.0 Å². The molecule has 1 atom stereocenters. The number of nitrogens with zero attached hydrogens (tertiary/aromatic N) is 2.